The van der Waals surface area contributed by atoms with Gasteiger partial charge in [0.15, 0.2) is 0 Å². The van der Waals surface area contributed by atoms with E-state index in [-0.39, 0.29) is 4.99 Å². The Kier molecular flexibility index (Phi) is 5.17. The van der Waals surface area contributed by atoms with Gasteiger partial charge in [-0.15, -0.1) is 0 Å². The van der Waals surface area contributed by atoms with Gasteiger partial charge < -0.3 is 16.4 Å². The van der Waals surface area contributed by atoms with Gasteiger partial charge in [0.25, 0.3) is 0 Å². The van der Waals surface area contributed by atoms with Crippen LogP contribution in [0.1, 0.15) is 5.56 Å². The highest BCUT2D eigenvalue weighted by molar-refractivity contribution is 9.10. The summed E-state index contributed by atoms with van der Waals surface area (Å²) in [6, 6.07) is 11.7. The highest BCUT2D eigenvalue weighted by Gasteiger charge is 2.09. The Hall–Kier alpha value is -1.63. The fraction of sp³-hybridized carbons (Fsp3) is 0. The molecule has 4 N–H and O–H groups in total. The lowest BCUT2D eigenvalue weighted by atomic mass is 10.2. The van der Waals surface area contributed by atoms with Crippen molar-refractivity contribution in [2.45, 2.75) is 0 Å². The average molecular weight is 385 g/mol. The molecule has 21 heavy (non-hydrogen) atoms. The average Bonchev–Trinajstić information content (AvgIpc) is 2.40. The Morgan fingerprint density at radius 2 is 1.95 bits per heavy atom. The SMILES string of the molecule is NC(=S)c1cc(Br)ccc1NC(=O)Nc1cccc(Cl)c1. The molecule has 0 bridgehead atoms. The lowest BCUT2D eigenvalue weighted by Gasteiger charge is -2.12. The summed E-state index contributed by atoms with van der Waals surface area (Å²) >= 11 is 14.2. The van der Waals surface area contributed by atoms with Gasteiger partial charge in [0.1, 0.15) is 4.99 Å². The van der Waals surface area contributed by atoms with E-state index in [9.17, 15) is 4.79 Å². The number of benzene rings is 2. The van der Waals surface area contributed by atoms with E-state index in [1.807, 2.05) is 0 Å². The van der Waals surface area contributed by atoms with Crippen LogP contribution < -0.4 is 16.4 Å². The Balaban J connectivity index is 2.15. The number of rotatable bonds is 3. The quantitative estimate of drug-likeness (QED) is 0.688. The Bertz CT molecular complexity index is 708. The number of amides is 2. The van der Waals surface area contributed by atoms with E-state index in [0.29, 0.717) is 22.0 Å². The fourth-order valence-corrected chi connectivity index (χ4v) is 2.40. The molecule has 0 heterocycles. The van der Waals surface area contributed by atoms with Crippen LogP contribution >= 0.6 is 39.7 Å². The van der Waals surface area contributed by atoms with E-state index in [4.69, 9.17) is 29.6 Å². The van der Waals surface area contributed by atoms with Crippen molar-refractivity contribution >= 4 is 62.1 Å². The van der Waals surface area contributed by atoms with Crippen molar-refractivity contribution in [2.75, 3.05) is 10.6 Å². The zero-order chi connectivity index (χ0) is 15.4. The second kappa shape index (κ2) is 6.89. The Labute approximate surface area is 140 Å². The van der Waals surface area contributed by atoms with Crippen LogP contribution in [-0.2, 0) is 0 Å². The van der Waals surface area contributed by atoms with Crippen LogP contribution in [0.5, 0.6) is 0 Å². The number of thiocarbonyl (C=S) groups is 1. The summed E-state index contributed by atoms with van der Waals surface area (Å²) < 4.78 is 0.825. The van der Waals surface area contributed by atoms with Gasteiger partial charge in [-0.25, -0.2) is 4.79 Å². The number of nitrogens with two attached hydrogens (primary N) is 1. The molecule has 0 saturated carbocycles. The first-order valence-electron chi connectivity index (χ1n) is 5.88. The molecule has 2 rings (SSSR count). The number of urea groups is 1. The molecule has 0 aliphatic rings. The maximum atomic E-state index is 12.0. The molecule has 108 valence electrons. The van der Waals surface area contributed by atoms with Crippen molar-refractivity contribution < 1.29 is 4.79 Å². The molecular formula is C14H11BrClN3OS. The van der Waals surface area contributed by atoms with Crippen molar-refractivity contribution in [1.29, 1.82) is 0 Å². The minimum Gasteiger partial charge on any atom is -0.389 e. The summed E-state index contributed by atoms with van der Waals surface area (Å²) in [7, 11) is 0. The monoisotopic (exact) mass is 383 g/mol. The lowest BCUT2D eigenvalue weighted by Crippen LogP contribution is -2.22. The molecule has 0 radical (unpaired) electrons. The maximum Gasteiger partial charge on any atom is 0.323 e. The molecule has 4 nitrogen and oxygen atoms in total. The normalized spacial score (nSPS) is 10.0. The number of halogens is 2. The summed E-state index contributed by atoms with van der Waals surface area (Å²) in [4.78, 5) is 12.2. The maximum absolute atomic E-state index is 12.0. The summed E-state index contributed by atoms with van der Waals surface area (Å²) in [6.07, 6.45) is 0. The minimum absolute atomic E-state index is 0.203. The zero-order valence-electron chi connectivity index (χ0n) is 10.7. The molecule has 0 unspecified atom stereocenters. The van der Waals surface area contributed by atoms with Crippen LogP contribution in [0.3, 0.4) is 0 Å². The second-order valence-electron chi connectivity index (χ2n) is 4.14. The van der Waals surface area contributed by atoms with Gasteiger partial charge in [-0.2, -0.15) is 0 Å². The third-order valence-electron chi connectivity index (χ3n) is 2.58. The molecule has 0 aromatic heterocycles. The molecular weight excluding hydrogens is 374 g/mol. The first-order valence-corrected chi connectivity index (χ1v) is 7.46. The van der Waals surface area contributed by atoms with Gasteiger partial charge in [0.2, 0.25) is 0 Å². The summed E-state index contributed by atoms with van der Waals surface area (Å²) in [5.41, 5.74) is 7.36. The van der Waals surface area contributed by atoms with Crippen molar-refractivity contribution in [1.82, 2.24) is 0 Å². The van der Waals surface area contributed by atoms with Crippen LogP contribution in [0.2, 0.25) is 5.02 Å². The van der Waals surface area contributed by atoms with E-state index in [2.05, 4.69) is 26.6 Å². The fourth-order valence-electron chi connectivity index (χ4n) is 1.68. The topological polar surface area (TPSA) is 67.1 Å². The molecule has 0 saturated heterocycles. The van der Waals surface area contributed by atoms with Crippen molar-refractivity contribution in [3.63, 3.8) is 0 Å². The number of anilines is 2. The summed E-state index contributed by atoms with van der Waals surface area (Å²) in [5.74, 6) is 0. The Morgan fingerprint density at radius 1 is 1.19 bits per heavy atom. The number of carbonyl (C=O) groups excluding carboxylic acids is 1. The first kappa shape index (κ1) is 15.8. The van der Waals surface area contributed by atoms with E-state index in [0.717, 1.165) is 4.47 Å². The zero-order valence-corrected chi connectivity index (χ0v) is 13.8. The molecule has 2 aromatic rings. The van der Waals surface area contributed by atoms with Crippen LogP contribution in [0, 0.1) is 0 Å². The highest BCUT2D eigenvalue weighted by Crippen LogP contribution is 2.22. The number of hydrogen-bond acceptors (Lipinski definition) is 2. The van der Waals surface area contributed by atoms with Crippen LogP contribution in [0.15, 0.2) is 46.9 Å². The first-order chi connectivity index (χ1) is 9.95. The third kappa shape index (κ3) is 4.42. The molecule has 7 heteroatoms. The van der Waals surface area contributed by atoms with E-state index in [1.54, 1.807) is 42.5 Å². The van der Waals surface area contributed by atoms with Gasteiger partial charge >= 0.3 is 6.03 Å². The van der Waals surface area contributed by atoms with Crippen LogP contribution in [0.25, 0.3) is 0 Å². The van der Waals surface area contributed by atoms with Gasteiger partial charge in [-0.1, -0.05) is 45.8 Å². The molecule has 2 amide bonds. The van der Waals surface area contributed by atoms with Gasteiger partial charge in [-0.3, -0.25) is 0 Å². The molecule has 0 fully saturated rings. The van der Waals surface area contributed by atoms with Crippen LogP contribution in [-0.4, -0.2) is 11.0 Å². The molecule has 0 atom stereocenters. The summed E-state index contributed by atoms with van der Waals surface area (Å²) in [5, 5.41) is 5.93. The molecule has 0 aliphatic heterocycles. The minimum atomic E-state index is -0.405. The number of carbonyl (C=O) groups is 1. The number of hydrogen-bond donors (Lipinski definition) is 3. The predicted molar refractivity (Wildman–Crippen MR) is 94.1 cm³/mol. The van der Waals surface area contributed by atoms with E-state index in [1.165, 1.54) is 0 Å². The van der Waals surface area contributed by atoms with Crippen molar-refractivity contribution in [2.24, 2.45) is 5.73 Å². The van der Waals surface area contributed by atoms with Crippen molar-refractivity contribution in [3.8, 4) is 0 Å². The standard InChI is InChI=1S/C14H11BrClN3OS/c15-8-4-5-12(11(6-8)13(17)21)19-14(20)18-10-3-1-2-9(16)7-10/h1-7H,(H2,17,21)(H2,18,19,20). The van der Waals surface area contributed by atoms with Gasteiger partial charge in [0, 0.05) is 20.7 Å². The molecule has 0 aliphatic carbocycles. The predicted octanol–water partition coefficient (Wildman–Crippen LogP) is 4.38. The largest absolute Gasteiger partial charge is 0.389 e. The van der Waals surface area contributed by atoms with E-state index >= 15 is 0 Å². The third-order valence-corrected chi connectivity index (χ3v) is 3.53. The van der Waals surface area contributed by atoms with Crippen molar-refractivity contribution in [3.05, 3.63) is 57.5 Å². The lowest BCUT2D eigenvalue weighted by molar-refractivity contribution is 0.262. The smallest absolute Gasteiger partial charge is 0.323 e. The van der Waals surface area contributed by atoms with Gasteiger partial charge in [0.05, 0.1) is 5.69 Å². The Morgan fingerprint density at radius 3 is 2.62 bits per heavy atom. The molecule has 2 aromatic carbocycles. The van der Waals surface area contributed by atoms with Gasteiger partial charge in [-0.05, 0) is 36.4 Å². The van der Waals surface area contributed by atoms with E-state index < -0.39 is 6.03 Å². The molecule has 0 spiro atoms. The summed E-state index contributed by atoms with van der Waals surface area (Å²) in [6.45, 7) is 0. The highest BCUT2D eigenvalue weighted by atomic mass is 79.9. The van der Waals surface area contributed by atoms with Crippen LogP contribution in [0.4, 0.5) is 16.2 Å². The number of nitrogens with one attached hydrogen (secondary N) is 2. The second-order valence-corrected chi connectivity index (χ2v) is 5.94.